The van der Waals surface area contributed by atoms with E-state index in [1.54, 1.807) is 68.6 Å². The van der Waals surface area contributed by atoms with Gasteiger partial charge in [0, 0.05) is 13.6 Å². The van der Waals surface area contributed by atoms with Gasteiger partial charge in [-0.05, 0) is 61.4 Å². The first kappa shape index (κ1) is 26.7. The van der Waals surface area contributed by atoms with Gasteiger partial charge in [-0.15, -0.1) is 0 Å². The molecule has 0 saturated heterocycles. The van der Waals surface area contributed by atoms with E-state index in [1.165, 1.54) is 24.1 Å². The first-order valence-electron chi connectivity index (χ1n) is 11.5. The molecule has 0 aliphatic heterocycles. The predicted octanol–water partition coefficient (Wildman–Crippen LogP) is 3.36. The van der Waals surface area contributed by atoms with Gasteiger partial charge in [0.2, 0.25) is 11.8 Å². The fourth-order valence-corrected chi connectivity index (χ4v) is 5.22. The van der Waals surface area contributed by atoms with Crippen molar-refractivity contribution in [1.82, 2.24) is 10.2 Å². The third kappa shape index (κ3) is 6.23. The summed E-state index contributed by atoms with van der Waals surface area (Å²) in [6, 6.07) is 21.2. The fraction of sp³-hybridized carbons (Fsp3) is 0.259. The second kappa shape index (κ2) is 11.7. The summed E-state index contributed by atoms with van der Waals surface area (Å²) in [4.78, 5) is 27.7. The molecule has 0 aliphatic carbocycles. The molecule has 0 aromatic heterocycles. The number of hydrogen-bond donors (Lipinski definition) is 1. The Labute approximate surface area is 212 Å². The highest BCUT2D eigenvalue weighted by atomic mass is 32.2. The van der Waals surface area contributed by atoms with Gasteiger partial charge in [-0.2, -0.15) is 0 Å². The average molecular weight is 510 g/mol. The van der Waals surface area contributed by atoms with Crippen LogP contribution in [0.5, 0.6) is 5.75 Å². The van der Waals surface area contributed by atoms with Gasteiger partial charge in [0.1, 0.15) is 18.3 Å². The molecular formula is C27H31N3O5S. The largest absolute Gasteiger partial charge is 0.497 e. The van der Waals surface area contributed by atoms with E-state index in [0.717, 1.165) is 15.4 Å². The van der Waals surface area contributed by atoms with Gasteiger partial charge in [0.05, 0.1) is 17.7 Å². The highest BCUT2D eigenvalue weighted by Gasteiger charge is 2.32. The molecule has 0 aliphatic rings. The lowest BCUT2D eigenvalue weighted by molar-refractivity contribution is -0.139. The van der Waals surface area contributed by atoms with Crippen molar-refractivity contribution in [2.45, 2.75) is 31.3 Å². The van der Waals surface area contributed by atoms with Gasteiger partial charge >= 0.3 is 0 Å². The number of nitrogens with zero attached hydrogens (tertiary/aromatic N) is 2. The smallest absolute Gasteiger partial charge is 0.264 e. The summed E-state index contributed by atoms with van der Waals surface area (Å²) in [5.74, 6) is -0.269. The molecule has 8 nitrogen and oxygen atoms in total. The molecule has 0 heterocycles. The van der Waals surface area contributed by atoms with E-state index in [9.17, 15) is 18.0 Å². The van der Waals surface area contributed by atoms with Crippen LogP contribution in [0.3, 0.4) is 0 Å². The lowest BCUT2D eigenvalue weighted by Gasteiger charge is -2.32. The summed E-state index contributed by atoms with van der Waals surface area (Å²) in [6.45, 7) is 3.07. The Morgan fingerprint density at radius 1 is 0.972 bits per heavy atom. The number of benzene rings is 3. The summed E-state index contributed by atoms with van der Waals surface area (Å²) in [5, 5.41) is 2.57. The summed E-state index contributed by atoms with van der Waals surface area (Å²) in [7, 11) is -1.03. The van der Waals surface area contributed by atoms with Crippen molar-refractivity contribution < 1.29 is 22.7 Å². The number of likely N-dealkylation sites (N-methyl/N-ethyl adjacent to an activating group) is 1. The molecule has 3 rings (SSSR count). The van der Waals surface area contributed by atoms with E-state index in [4.69, 9.17) is 4.74 Å². The number of aryl methyl sites for hydroxylation is 1. The summed E-state index contributed by atoms with van der Waals surface area (Å²) in [6.07, 6.45) is 0. The highest BCUT2D eigenvalue weighted by molar-refractivity contribution is 7.92. The highest BCUT2D eigenvalue weighted by Crippen LogP contribution is 2.25. The number of rotatable bonds is 10. The minimum atomic E-state index is -4.07. The number of anilines is 1. The molecule has 1 N–H and O–H groups in total. The summed E-state index contributed by atoms with van der Waals surface area (Å²) >= 11 is 0. The molecule has 3 aromatic carbocycles. The van der Waals surface area contributed by atoms with Crippen LogP contribution in [0.4, 0.5) is 5.69 Å². The SMILES string of the molecule is CNC(=O)[C@H](C)N(Cc1cccc(OC)c1)C(=O)CN(c1cccc(C)c1)S(=O)(=O)c1ccccc1. The van der Waals surface area contributed by atoms with Gasteiger partial charge < -0.3 is 15.0 Å². The summed E-state index contributed by atoms with van der Waals surface area (Å²) in [5.41, 5.74) is 1.95. The number of sulfonamides is 1. The quantitative estimate of drug-likeness (QED) is 0.452. The predicted molar refractivity (Wildman–Crippen MR) is 139 cm³/mol. The molecule has 3 aromatic rings. The Kier molecular flexibility index (Phi) is 8.71. The summed E-state index contributed by atoms with van der Waals surface area (Å²) < 4.78 is 33.7. The van der Waals surface area contributed by atoms with Crippen molar-refractivity contribution in [2.24, 2.45) is 0 Å². The number of amides is 2. The van der Waals surface area contributed by atoms with Crippen LogP contribution in [0.1, 0.15) is 18.1 Å². The number of hydrogen-bond acceptors (Lipinski definition) is 5. The molecule has 0 spiro atoms. The van der Waals surface area contributed by atoms with Crippen molar-refractivity contribution in [3.8, 4) is 5.75 Å². The average Bonchev–Trinajstić information content (AvgIpc) is 2.89. The van der Waals surface area contributed by atoms with Crippen molar-refractivity contribution in [1.29, 1.82) is 0 Å². The van der Waals surface area contributed by atoms with Crippen molar-refractivity contribution in [3.63, 3.8) is 0 Å². The minimum absolute atomic E-state index is 0.0676. The Balaban J connectivity index is 2.02. The topological polar surface area (TPSA) is 96.0 Å². The number of ether oxygens (including phenoxy) is 1. The van der Waals surface area contributed by atoms with Crippen molar-refractivity contribution in [2.75, 3.05) is 25.0 Å². The van der Waals surface area contributed by atoms with Crippen molar-refractivity contribution in [3.05, 3.63) is 90.0 Å². The number of nitrogens with one attached hydrogen (secondary N) is 1. The minimum Gasteiger partial charge on any atom is -0.497 e. The van der Waals surface area contributed by atoms with E-state index >= 15 is 0 Å². The van der Waals surface area contributed by atoms with Gasteiger partial charge in [-0.3, -0.25) is 13.9 Å². The van der Waals surface area contributed by atoms with Crippen LogP contribution in [0.25, 0.3) is 0 Å². The van der Waals surface area contributed by atoms with Gasteiger partial charge in [-0.25, -0.2) is 8.42 Å². The normalized spacial score (nSPS) is 11.9. The maximum absolute atomic E-state index is 13.7. The lowest BCUT2D eigenvalue weighted by Crippen LogP contribution is -2.50. The van der Waals surface area contributed by atoms with Crippen LogP contribution in [0, 0.1) is 6.92 Å². The Morgan fingerprint density at radius 2 is 1.67 bits per heavy atom. The Hall–Kier alpha value is -3.85. The van der Waals surface area contributed by atoms with Gasteiger partial charge in [0.25, 0.3) is 10.0 Å². The van der Waals surface area contributed by atoms with E-state index in [0.29, 0.717) is 11.4 Å². The van der Waals surface area contributed by atoms with Crippen LogP contribution < -0.4 is 14.4 Å². The van der Waals surface area contributed by atoms with E-state index in [-0.39, 0.29) is 17.3 Å². The molecule has 0 unspecified atom stereocenters. The molecule has 36 heavy (non-hydrogen) atoms. The number of methoxy groups -OCH3 is 1. The zero-order valence-corrected chi connectivity index (χ0v) is 21.7. The first-order chi connectivity index (χ1) is 17.2. The molecular weight excluding hydrogens is 478 g/mol. The molecule has 0 fully saturated rings. The molecule has 9 heteroatoms. The molecule has 0 bridgehead atoms. The third-order valence-corrected chi connectivity index (χ3v) is 7.59. The molecule has 0 radical (unpaired) electrons. The maximum atomic E-state index is 13.7. The van der Waals surface area contributed by atoms with Crippen LogP contribution in [0.2, 0.25) is 0 Å². The fourth-order valence-electron chi connectivity index (χ4n) is 3.79. The zero-order chi connectivity index (χ0) is 26.3. The molecule has 0 saturated carbocycles. The third-order valence-electron chi connectivity index (χ3n) is 5.80. The van der Waals surface area contributed by atoms with Crippen LogP contribution in [-0.4, -0.2) is 51.9 Å². The number of carbonyl (C=O) groups excluding carboxylic acids is 2. The van der Waals surface area contributed by atoms with Crippen LogP contribution >= 0.6 is 0 Å². The Morgan fingerprint density at radius 3 is 2.31 bits per heavy atom. The lowest BCUT2D eigenvalue weighted by atomic mass is 10.1. The Bertz CT molecular complexity index is 1310. The van der Waals surface area contributed by atoms with Gasteiger partial charge in [0.15, 0.2) is 0 Å². The molecule has 2 amide bonds. The maximum Gasteiger partial charge on any atom is 0.264 e. The van der Waals surface area contributed by atoms with E-state index < -0.39 is 28.5 Å². The van der Waals surface area contributed by atoms with E-state index in [1.807, 2.05) is 19.1 Å². The second-order valence-corrected chi connectivity index (χ2v) is 10.2. The van der Waals surface area contributed by atoms with Crippen LogP contribution in [-0.2, 0) is 26.2 Å². The van der Waals surface area contributed by atoms with E-state index in [2.05, 4.69) is 5.32 Å². The van der Waals surface area contributed by atoms with Crippen molar-refractivity contribution >= 4 is 27.5 Å². The van der Waals surface area contributed by atoms with Gasteiger partial charge in [-0.1, -0.05) is 42.5 Å². The van der Waals surface area contributed by atoms with Crippen LogP contribution in [0.15, 0.2) is 83.8 Å². The molecule has 1 atom stereocenters. The zero-order valence-electron chi connectivity index (χ0n) is 20.8. The standard InChI is InChI=1S/C27H31N3O5S/c1-20-10-8-12-23(16-20)30(36(33,34)25-14-6-5-7-15-25)19-26(31)29(21(2)27(32)28-3)18-22-11-9-13-24(17-22)35-4/h5-17,21H,18-19H2,1-4H3,(H,28,32)/t21-/m0/s1. The monoisotopic (exact) mass is 509 g/mol. The second-order valence-electron chi connectivity index (χ2n) is 8.33. The first-order valence-corrected chi connectivity index (χ1v) is 12.9. The molecule has 190 valence electrons. The number of carbonyl (C=O) groups is 2.